The fourth-order valence-electron chi connectivity index (χ4n) is 3.36. The summed E-state index contributed by atoms with van der Waals surface area (Å²) in [6.45, 7) is 4.01. The smallest absolute Gasteiger partial charge is 0.406 e. The zero-order chi connectivity index (χ0) is 25.7. The van der Waals surface area contributed by atoms with Crippen molar-refractivity contribution in [1.29, 1.82) is 0 Å². The van der Waals surface area contributed by atoms with Crippen LogP contribution in [0, 0.1) is 13.8 Å². The number of carbonyl (C=O) groups is 1. The Kier molecular flexibility index (Phi) is 7.53. The zero-order valence-electron chi connectivity index (χ0n) is 19.3. The highest BCUT2D eigenvalue weighted by molar-refractivity contribution is 7.98. The number of nitrogens with one attached hydrogen (secondary N) is 1. The molecule has 2 aromatic carbocycles. The molecular weight excluding hydrogens is 493 g/mol. The van der Waals surface area contributed by atoms with Crippen LogP contribution in [0.3, 0.4) is 0 Å². The first-order valence-corrected chi connectivity index (χ1v) is 11.7. The van der Waals surface area contributed by atoms with Crippen LogP contribution in [0.5, 0.6) is 5.75 Å². The molecule has 8 nitrogen and oxygen atoms in total. The number of nitrogens with zero attached hydrogens (tertiary/aromatic N) is 5. The largest absolute Gasteiger partial charge is 0.573 e. The summed E-state index contributed by atoms with van der Waals surface area (Å²) in [5, 5.41) is 11.5. The highest BCUT2D eigenvalue weighted by Crippen LogP contribution is 2.26. The lowest BCUT2D eigenvalue weighted by molar-refractivity contribution is -0.274. The van der Waals surface area contributed by atoms with Crippen LogP contribution in [-0.2, 0) is 12.3 Å². The maximum Gasteiger partial charge on any atom is 0.573 e. The maximum atomic E-state index is 13.0. The van der Waals surface area contributed by atoms with Gasteiger partial charge < -0.3 is 10.1 Å². The van der Waals surface area contributed by atoms with Gasteiger partial charge in [-0.05, 0) is 49.7 Å². The van der Waals surface area contributed by atoms with Crippen molar-refractivity contribution >= 4 is 17.7 Å². The van der Waals surface area contributed by atoms with Crippen molar-refractivity contribution in [3.8, 4) is 11.4 Å². The van der Waals surface area contributed by atoms with Crippen LogP contribution in [0.25, 0.3) is 5.69 Å². The van der Waals surface area contributed by atoms with Gasteiger partial charge in [-0.2, -0.15) is 0 Å². The summed E-state index contributed by atoms with van der Waals surface area (Å²) >= 11 is 1.30. The number of amides is 1. The molecule has 0 aliphatic heterocycles. The number of aryl methyl sites for hydroxylation is 2. The van der Waals surface area contributed by atoms with Gasteiger partial charge in [-0.3, -0.25) is 4.79 Å². The Balaban J connectivity index is 1.61. The molecule has 1 amide bonds. The van der Waals surface area contributed by atoms with E-state index >= 15 is 0 Å². The summed E-state index contributed by atoms with van der Waals surface area (Å²) in [5.41, 5.74) is 3.47. The molecule has 4 rings (SSSR count). The Hall–Kier alpha value is -3.93. The molecule has 0 atom stereocenters. The fourth-order valence-corrected chi connectivity index (χ4v) is 4.30. The molecule has 186 valence electrons. The van der Waals surface area contributed by atoms with E-state index in [2.05, 4.69) is 30.3 Å². The molecule has 0 radical (unpaired) electrons. The lowest BCUT2D eigenvalue weighted by Crippen LogP contribution is -2.24. The van der Waals surface area contributed by atoms with E-state index in [1.165, 1.54) is 40.7 Å². The van der Waals surface area contributed by atoms with Crippen molar-refractivity contribution in [3.05, 3.63) is 89.0 Å². The second-order valence-electron chi connectivity index (χ2n) is 7.73. The highest BCUT2D eigenvalue weighted by Gasteiger charge is 2.31. The normalized spacial score (nSPS) is 11.4. The van der Waals surface area contributed by atoms with Crippen molar-refractivity contribution in [1.82, 2.24) is 30.3 Å². The second kappa shape index (κ2) is 10.8. The third-order valence-electron chi connectivity index (χ3n) is 4.89. The first-order valence-electron chi connectivity index (χ1n) is 10.8. The second-order valence-corrected chi connectivity index (χ2v) is 8.67. The van der Waals surface area contributed by atoms with Gasteiger partial charge in [0.05, 0.1) is 11.4 Å². The molecule has 0 bridgehead atoms. The van der Waals surface area contributed by atoms with Crippen LogP contribution >= 0.6 is 11.8 Å². The monoisotopic (exact) mass is 514 g/mol. The van der Waals surface area contributed by atoms with E-state index in [1.807, 2.05) is 50.2 Å². The predicted molar refractivity (Wildman–Crippen MR) is 127 cm³/mol. The lowest BCUT2D eigenvalue weighted by Gasteiger charge is -2.11. The van der Waals surface area contributed by atoms with Crippen LogP contribution in [0.2, 0.25) is 0 Å². The summed E-state index contributed by atoms with van der Waals surface area (Å²) < 4.78 is 42.9. The van der Waals surface area contributed by atoms with Crippen LogP contribution in [0.15, 0.2) is 65.8 Å². The Bertz CT molecular complexity index is 1320. The maximum absolute atomic E-state index is 13.0. The first-order chi connectivity index (χ1) is 17.2. The van der Waals surface area contributed by atoms with E-state index in [1.54, 1.807) is 0 Å². The number of hydrogen-bond donors (Lipinski definition) is 1. The van der Waals surface area contributed by atoms with E-state index in [0.29, 0.717) is 23.1 Å². The molecule has 0 aliphatic rings. The highest BCUT2D eigenvalue weighted by atomic mass is 32.2. The average Bonchev–Trinajstić information content (AvgIpc) is 3.25. The summed E-state index contributed by atoms with van der Waals surface area (Å²) in [7, 11) is 0. The van der Waals surface area contributed by atoms with Crippen LogP contribution in [0.4, 0.5) is 13.2 Å². The standard InChI is InChI=1S/C24H21F3N6O2S/c1-15-12-16(2)30-23(29-15)36-14-20-21(22(34)28-13-17-6-4-3-5-7-17)31-32-33(20)18-8-10-19(11-9-18)35-24(25,26)27/h3-12H,13-14H2,1-2H3,(H,28,34). The van der Waals surface area contributed by atoms with Crippen LogP contribution in [0.1, 0.15) is 33.1 Å². The van der Waals surface area contributed by atoms with Gasteiger partial charge in [0.15, 0.2) is 10.9 Å². The predicted octanol–water partition coefficient (Wildman–Crippen LogP) is 4.80. The summed E-state index contributed by atoms with van der Waals surface area (Å²) in [6.07, 6.45) is -4.80. The SMILES string of the molecule is Cc1cc(C)nc(SCc2c(C(=O)NCc3ccccc3)nnn2-c2ccc(OC(F)(F)F)cc2)n1. The third kappa shape index (κ3) is 6.60. The van der Waals surface area contributed by atoms with Gasteiger partial charge in [0.25, 0.3) is 5.91 Å². The minimum absolute atomic E-state index is 0.0958. The Morgan fingerprint density at radius 3 is 2.33 bits per heavy atom. The lowest BCUT2D eigenvalue weighted by atomic mass is 10.2. The first kappa shape index (κ1) is 25.2. The van der Waals surface area contributed by atoms with E-state index in [4.69, 9.17) is 0 Å². The van der Waals surface area contributed by atoms with E-state index < -0.39 is 12.3 Å². The quantitative estimate of drug-likeness (QED) is 0.267. The van der Waals surface area contributed by atoms with Gasteiger partial charge >= 0.3 is 6.36 Å². The molecule has 0 saturated heterocycles. The van der Waals surface area contributed by atoms with E-state index in [0.717, 1.165) is 17.0 Å². The number of thioether (sulfide) groups is 1. The fraction of sp³-hybridized carbons (Fsp3) is 0.208. The minimum Gasteiger partial charge on any atom is -0.406 e. The van der Waals surface area contributed by atoms with Gasteiger partial charge in [0, 0.05) is 23.7 Å². The number of hydrogen-bond acceptors (Lipinski definition) is 7. The molecule has 12 heteroatoms. The molecule has 2 heterocycles. The third-order valence-corrected chi connectivity index (χ3v) is 5.75. The summed E-state index contributed by atoms with van der Waals surface area (Å²) in [5.74, 6) is -0.559. The molecule has 0 saturated carbocycles. The van der Waals surface area contributed by atoms with E-state index in [-0.39, 0.29) is 17.2 Å². The Labute approximate surface area is 208 Å². The number of benzene rings is 2. The zero-order valence-corrected chi connectivity index (χ0v) is 20.1. The minimum atomic E-state index is -4.80. The van der Waals surface area contributed by atoms with Crippen molar-refractivity contribution in [2.75, 3.05) is 0 Å². The summed E-state index contributed by atoms with van der Waals surface area (Å²) in [6, 6.07) is 16.4. The molecule has 4 aromatic rings. The topological polar surface area (TPSA) is 94.8 Å². The van der Waals surface area contributed by atoms with Gasteiger partial charge in [-0.1, -0.05) is 47.3 Å². The molecule has 0 spiro atoms. The van der Waals surface area contributed by atoms with Crippen molar-refractivity contribution in [2.45, 2.75) is 37.7 Å². The van der Waals surface area contributed by atoms with Crippen molar-refractivity contribution in [3.63, 3.8) is 0 Å². The Morgan fingerprint density at radius 1 is 1.03 bits per heavy atom. The molecule has 36 heavy (non-hydrogen) atoms. The molecule has 0 unspecified atom stereocenters. The van der Waals surface area contributed by atoms with Crippen molar-refractivity contribution in [2.24, 2.45) is 0 Å². The number of carbonyl (C=O) groups excluding carboxylic acids is 1. The number of rotatable bonds is 8. The number of aromatic nitrogens is 5. The number of alkyl halides is 3. The van der Waals surface area contributed by atoms with Gasteiger partial charge in [0.1, 0.15) is 5.75 Å². The van der Waals surface area contributed by atoms with Gasteiger partial charge in [-0.15, -0.1) is 18.3 Å². The number of ether oxygens (including phenoxy) is 1. The van der Waals surface area contributed by atoms with Gasteiger partial charge in [0.2, 0.25) is 0 Å². The van der Waals surface area contributed by atoms with Gasteiger partial charge in [-0.25, -0.2) is 14.6 Å². The molecular formula is C24H21F3N6O2S. The average molecular weight is 515 g/mol. The van der Waals surface area contributed by atoms with E-state index in [9.17, 15) is 18.0 Å². The number of halogens is 3. The molecule has 2 aromatic heterocycles. The van der Waals surface area contributed by atoms with Crippen LogP contribution < -0.4 is 10.1 Å². The Morgan fingerprint density at radius 2 is 1.69 bits per heavy atom. The molecule has 1 N–H and O–H groups in total. The molecule has 0 aliphatic carbocycles. The molecule has 0 fully saturated rings. The van der Waals surface area contributed by atoms with Crippen molar-refractivity contribution < 1.29 is 22.7 Å². The van der Waals surface area contributed by atoms with Crippen LogP contribution in [-0.4, -0.2) is 37.2 Å². The summed E-state index contributed by atoms with van der Waals surface area (Å²) in [4.78, 5) is 21.8.